The summed E-state index contributed by atoms with van der Waals surface area (Å²) in [7, 11) is 4.10. The van der Waals surface area contributed by atoms with Gasteiger partial charge < -0.3 is 25.8 Å². The van der Waals surface area contributed by atoms with E-state index in [-0.39, 0.29) is 41.5 Å². The van der Waals surface area contributed by atoms with Gasteiger partial charge in [0, 0.05) is 31.0 Å². The molecule has 8 nitrogen and oxygen atoms in total. The van der Waals surface area contributed by atoms with Gasteiger partial charge in [0.05, 0.1) is 17.6 Å². The maximum Gasteiger partial charge on any atom is 0.229 e. The van der Waals surface area contributed by atoms with Crippen molar-refractivity contribution in [3.8, 4) is 0 Å². The lowest BCUT2D eigenvalue weighted by Crippen LogP contribution is -2.41. The smallest absolute Gasteiger partial charge is 0.229 e. The van der Waals surface area contributed by atoms with E-state index >= 15 is 0 Å². The predicted octanol–water partition coefficient (Wildman–Crippen LogP) is 2.96. The van der Waals surface area contributed by atoms with Gasteiger partial charge in [0.2, 0.25) is 11.9 Å². The molecule has 0 saturated heterocycles. The lowest BCUT2D eigenvalue weighted by atomic mass is 9.88. The molecule has 9 heteroatoms. The molecule has 4 unspecified atom stereocenters. The molecule has 0 aliphatic heterocycles. The molecule has 2 aliphatic carbocycles. The SMILES string of the molecule is CN(C)CCn1ccc2ccc(Nc3ncc(F)c(NC4C5C=CC(C5)C4C(N)=O)n3)cc21. The zero-order valence-electron chi connectivity index (χ0n) is 18.7. The molecule has 1 fully saturated rings. The number of hydrogen-bond acceptors (Lipinski definition) is 6. The zero-order valence-corrected chi connectivity index (χ0v) is 18.7. The van der Waals surface area contributed by atoms with Crippen LogP contribution in [0, 0.1) is 23.6 Å². The molecule has 5 rings (SSSR count). The van der Waals surface area contributed by atoms with Crippen LogP contribution in [-0.4, -0.2) is 52.0 Å². The Morgan fingerprint density at radius 3 is 2.88 bits per heavy atom. The Labute approximate surface area is 191 Å². The Morgan fingerprint density at radius 1 is 1.27 bits per heavy atom. The van der Waals surface area contributed by atoms with Gasteiger partial charge in [-0.1, -0.05) is 18.2 Å². The highest BCUT2D eigenvalue weighted by molar-refractivity contribution is 5.84. The number of nitrogens with zero attached hydrogens (tertiary/aromatic N) is 4. The van der Waals surface area contributed by atoms with Crippen LogP contribution in [-0.2, 0) is 11.3 Å². The minimum atomic E-state index is -0.566. The van der Waals surface area contributed by atoms with Crippen molar-refractivity contribution in [2.45, 2.75) is 19.0 Å². The van der Waals surface area contributed by atoms with Gasteiger partial charge in [0.25, 0.3) is 0 Å². The van der Waals surface area contributed by atoms with Crippen molar-refractivity contribution in [3.05, 3.63) is 54.6 Å². The first-order chi connectivity index (χ1) is 15.9. The third kappa shape index (κ3) is 4.16. The largest absolute Gasteiger partial charge is 0.369 e. The molecule has 172 valence electrons. The number of nitrogens with one attached hydrogen (secondary N) is 2. The van der Waals surface area contributed by atoms with Crippen LogP contribution in [0.1, 0.15) is 6.42 Å². The lowest BCUT2D eigenvalue weighted by molar-refractivity contribution is -0.122. The second-order valence-electron chi connectivity index (χ2n) is 9.15. The molecule has 1 saturated carbocycles. The normalized spacial score (nSPS) is 23.5. The molecule has 33 heavy (non-hydrogen) atoms. The van der Waals surface area contributed by atoms with Crippen LogP contribution in [0.5, 0.6) is 0 Å². The minimum Gasteiger partial charge on any atom is -0.369 e. The molecule has 4 atom stereocenters. The Kier molecular flexibility index (Phi) is 5.49. The van der Waals surface area contributed by atoms with Crippen LogP contribution >= 0.6 is 0 Å². The Balaban J connectivity index is 1.36. The first-order valence-electron chi connectivity index (χ1n) is 11.2. The highest BCUT2D eigenvalue weighted by Crippen LogP contribution is 2.44. The summed E-state index contributed by atoms with van der Waals surface area (Å²) < 4.78 is 16.7. The maximum atomic E-state index is 14.5. The molecule has 1 amide bonds. The van der Waals surface area contributed by atoms with E-state index in [1.807, 2.05) is 24.3 Å². The first-order valence-corrected chi connectivity index (χ1v) is 11.2. The third-order valence-corrected chi connectivity index (χ3v) is 6.65. The number of nitrogens with two attached hydrogens (primary N) is 1. The van der Waals surface area contributed by atoms with Gasteiger partial charge in [-0.25, -0.2) is 9.37 Å². The Bertz CT molecular complexity index is 1220. The van der Waals surface area contributed by atoms with Crippen LogP contribution in [0.25, 0.3) is 10.9 Å². The number of hydrogen-bond donors (Lipinski definition) is 3. The number of likely N-dealkylation sites (N-methyl/N-ethyl adjacent to an activating group) is 1. The number of anilines is 3. The van der Waals surface area contributed by atoms with Crippen LogP contribution in [0.2, 0.25) is 0 Å². The number of halogens is 1. The average molecular weight is 450 g/mol. The number of rotatable bonds is 8. The lowest BCUT2D eigenvalue weighted by Gasteiger charge is -2.27. The summed E-state index contributed by atoms with van der Waals surface area (Å²) in [5, 5.41) is 7.46. The first kappa shape index (κ1) is 21.4. The third-order valence-electron chi connectivity index (χ3n) is 6.65. The number of primary amides is 1. The van der Waals surface area contributed by atoms with Crippen molar-refractivity contribution in [1.82, 2.24) is 19.4 Å². The summed E-state index contributed by atoms with van der Waals surface area (Å²) in [4.78, 5) is 22.6. The molecule has 2 heterocycles. The fraction of sp³-hybridized carbons (Fsp3) is 0.375. The summed E-state index contributed by atoms with van der Waals surface area (Å²) in [6.07, 6.45) is 8.16. The quantitative estimate of drug-likeness (QED) is 0.457. The van der Waals surface area contributed by atoms with E-state index < -0.39 is 5.82 Å². The summed E-state index contributed by atoms with van der Waals surface area (Å²) in [6, 6.07) is 7.83. The molecule has 1 aromatic carbocycles. The van der Waals surface area contributed by atoms with Crippen molar-refractivity contribution < 1.29 is 9.18 Å². The van der Waals surface area contributed by atoms with E-state index in [2.05, 4.69) is 62.5 Å². The number of carbonyl (C=O) groups is 1. The summed E-state index contributed by atoms with van der Waals surface area (Å²) in [5.41, 5.74) is 7.53. The molecule has 0 spiro atoms. The Hall–Kier alpha value is -3.46. The van der Waals surface area contributed by atoms with E-state index in [4.69, 9.17) is 5.73 Å². The molecular weight excluding hydrogens is 421 g/mol. The van der Waals surface area contributed by atoms with Crippen LogP contribution in [0.4, 0.5) is 21.8 Å². The fourth-order valence-corrected chi connectivity index (χ4v) is 4.99. The van der Waals surface area contributed by atoms with Gasteiger partial charge >= 0.3 is 0 Å². The second kappa shape index (κ2) is 8.47. The Morgan fingerprint density at radius 2 is 2.09 bits per heavy atom. The highest BCUT2D eigenvalue weighted by Gasteiger charge is 2.47. The number of allylic oxidation sites excluding steroid dienone is 1. The van der Waals surface area contributed by atoms with Crippen LogP contribution < -0.4 is 16.4 Å². The summed E-state index contributed by atoms with van der Waals surface area (Å²) in [5.74, 6) is -0.730. The summed E-state index contributed by atoms with van der Waals surface area (Å²) in [6.45, 7) is 1.81. The molecule has 0 radical (unpaired) electrons. The molecule has 2 aliphatic rings. The highest BCUT2D eigenvalue weighted by atomic mass is 19.1. The number of fused-ring (bicyclic) bond motifs is 3. The van der Waals surface area contributed by atoms with Gasteiger partial charge in [-0.15, -0.1) is 0 Å². The van der Waals surface area contributed by atoms with Gasteiger partial charge in [0.15, 0.2) is 11.6 Å². The fourth-order valence-electron chi connectivity index (χ4n) is 4.99. The van der Waals surface area contributed by atoms with E-state index in [9.17, 15) is 9.18 Å². The van der Waals surface area contributed by atoms with Crippen molar-refractivity contribution in [1.29, 1.82) is 0 Å². The second-order valence-corrected chi connectivity index (χ2v) is 9.15. The van der Waals surface area contributed by atoms with Crippen LogP contribution in [0.3, 0.4) is 0 Å². The van der Waals surface area contributed by atoms with Gasteiger partial charge in [-0.3, -0.25) is 4.79 Å². The number of aromatic nitrogens is 3. The summed E-state index contributed by atoms with van der Waals surface area (Å²) >= 11 is 0. The molecule has 2 aromatic heterocycles. The van der Waals surface area contributed by atoms with E-state index in [0.717, 1.165) is 42.3 Å². The average Bonchev–Trinajstić information content (AvgIpc) is 3.49. The van der Waals surface area contributed by atoms with Crippen LogP contribution in [0.15, 0.2) is 48.8 Å². The predicted molar refractivity (Wildman–Crippen MR) is 127 cm³/mol. The minimum absolute atomic E-state index is 0.0696. The van der Waals surface area contributed by atoms with Crippen molar-refractivity contribution in [2.24, 2.45) is 23.5 Å². The number of amides is 1. The molecular formula is C24H28FN7O. The van der Waals surface area contributed by atoms with E-state index in [1.54, 1.807) is 0 Å². The maximum absolute atomic E-state index is 14.5. The molecule has 2 bridgehead atoms. The number of benzene rings is 1. The van der Waals surface area contributed by atoms with E-state index in [1.165, 1.54) is 0 Å². The van der Waals surface area contributed by atoms with Gasteiger partial charge in [-0.2, -0.15) is 4.98 Å². The topological polar surface area (TPSA) is 101 Å². The van der Waals surface area contributed by atoms with Crippen molar-refractivity contribution >= 4 is 34.3 Å². The zero-order chi connectivity index (χ0) is 23.1. The van der Waals surface area contributed by atoms with Crippen molar-refractivity contribution in [2.75, 3.05) is 31.3 Å². The van der Waals surface area contributed by atoms with Gasteiger partial charge in [0.1, 0.15) is 0 Å². The molecule has 4 N–H and O–H groups in total. The van der Waals surface area contributed by atoms with E-state index in [0.29, 0.717) is 0 Å². The van der Waals surface area contributed by atoms with Crippen molar-refractivity contribution in [3.63, 3.8) is 0 Å². The monoisotopic (exact) mass is 449 g/mol. The van der Waals surface area contributed by atoms with Gasteiger partial charge in [-0.05, 0) is 55.9 Å². The number of carbonyl (C=O) groups excluding carboxylic acids is 1. The molecule has 3 aromatic rings. The standard InChI is InChI=1S/C24H28FN7O/c1-31(2)9-10-32-8-7-14-5-6-17(12-19(14)32)28-24-27-13-18(25)23(30-24)29-21-16-4-3-15(11-16)20(21)22(26)33/h3-8,12-13,15-16,20-21H,9-11H2,1-2H3,(H2,26,33)(H2,27,28,29,30).